The average molecular weight is 363 g/mol. The molecular weight excluding hydrogens is 345 g/mol. The number of carbonyl (C=O) groups is 2. The number of hydrogen-bond donors (Lipinski definition) is 2. The Morgan fingerprint density at radius 3 is 2.41 bits per heavy atom. The number of benzene rings is 2. The predicted molar refractivity (Wildman–Crippen MR) is 101 cm³/mol. The van der Waals surface area contributed by atoms with Gasteiger partial charge in [0.25, 0.3) is 11.8 Å². The maximum absolute atomic E-state index is 12.9. The summed E-state index contributed by atoms with van der Waals surface area (Å²) in [5.74, 6) is -1.13. The highest BCUT2D eigenvalue weighted by Gasteiger charge is 2.12. The van der Waals surface area contributed by atoms with Crippen molar-refractivity contribution in [3.8, 4) is 0 Å². The number of pyridine rings is 1. The quantitative estimate of drug-likeness (QED) is 0.705. The van der Waals surface area contributed by atoms with Crippen LogP contribution >= 0.6 is 0 Å². The molecule has 0 radical (unpaired) electrons. The van der Waals surface area contributed by atoms with E-state index in [2.05, 4.69) is 15.6 Å². The fourth-order valence-electron chi connectivity index (χ4n) is 2.49. The van der Waals surface area contributed by atoms with Crippen LogP contribution in [0.4, 0.5) is 10.1 Å². The zero-order chi connectivity index (χ0) is 19.1. The molecule has 0 spiro atoms. The first kappa shape index (κ1) is 18.3. The maximum atomic E-state index is 12.9. The summed E-state index contributed by atoms with van der Waals surface area (Å²) in [5.41, 5.74) is 2.03. The van der Waals surface area contributed by atoms with Crippen molar-refractivity contribution in [3.05, 3.63) is 95.6 Å². The molecule has 27 heavy (non-hydrogen) atoms. The highest BCUT2D eigenvalue weighted by Crippen LogP contribution is 2.10. The van der Waals surface area contributed by atoms with Crippen LogP contribution in [0, 0.1) is 5.82 Å². The third kappa shape index (κ3) is 5.22. The third-order valence-electron chi connectivity index (χ3n) is 3.90. The summed E-state index contributed by atoms with van der Waals surface area (Å²) in [6.07, 6.45) is 2.13. The van der Waals surface area contributed by atoms with Crippen molar-refractivity contribution in [3.63, 3.8) is 0 Å². The number of aromatic nitrogens is 1. The Kier molecular flexibility index (Phi) is 5.89. The number of anilines is 1. The lowest BCUT2D eigenvalue weighted by atomic mass is 10.1. The monoisotopic (exact) mass is 363 g/mol. The fraction of sp³-hybridized carbons (Fsp3) is 0.0952. The summed E-state index contributed by atoms with van der Waals surface area (Å²) < 4.78 is 12.9. The molecule has 0 saturated carbocycles. The SMILES string of the molecule is O=C(NCCc1ccccc1)c1ccnc(C(=O)Nc2ccc(F)cc2)c1. The van der Waals surface area contributed by atoms with Gasteiger partial charge in [0, 0.05) is 24.0 Å². The molecule has 0 fully saturated rings. The van der Waals surface area contributed by atoms with Gasteiger partial charge < -0.3 is 10.6 Å². The topological polar surface area (TPSA) is 71.1 Å². The van der Waals surface area contributed by atoms with Gasteiger partial charge in [0.1, 0.15) is 11.5 Å². The molecule has 2 aromatic carbocycles. The van der Waals surface area contributed by atoms with Crippen LogP contribution in [0.25, 0.3) is 0 Å². The van der Waals surface area contributed by atoms with Gasteiger partial charge in [0.2, 0.25) is 0 Å². The Labute approximate surface area is 156 Å². The summed E-state index contributed by atoms with van der Waals surface area (Å²) in [7, 11) is 0. The summed E-state index contributed by atoms with van der Waals surface area (Å²) in [6.45, 7) is 0.488. The number of nitrogens with one attached hydrogen (secondary N) is 2. The van der Waals surface area contributed by atoms with E-state index in [1.54, 1.807) is 6.07 Å². The Bertz CT molecular complexity index is 928. The van der Waals surface area contributed by atoms with Gasteiger partial charge in [0.05, 0.1) is 0 Å². The minimum atomic E-state index is -0.472. The van der Waals surface area contributed by atoms with E-state index in [4.69, 9.17) is 0 Å². The van der Waals surface area contributed by atoms with Crippen LogP contribution in [0.2, 0.25) is 0 Å². The molecule has 1 heterocycles. The van der Waals surface area contributed by atoms with Crippen LogP contribution in [-0.2, 0) is 6.42 Å². The highest BCUT2D eigenvalue weighted by molar-refractivity contribution is 6.04. The van der Waals surface area contributed by atoms with Crippen molar-refractivity contribution >= 4 is 17.5 Å². The minimum absolute atomic E-state index is 0.107. The van der Waals surface area contributed by atoms with E-state index >= 15 is 0 Å². The van der Waals surface area contributed by atoms with Crippen molar-refractivity contribution < 1.29 is 14.0 Å². The average Bonchev–Trinajstić information content (AvgIpc) is 2.70. The first-order chi connectivity index (χ1) is 13.1. The molecular formula is C21H18FN3O2. The van der Waals surface area contributed by atoms with Gasteiger partial charge in [-0.1, -0.05) is 30.3 Å². The largest absolute Gasteiger partial charge is 0.352 e. The van der Waals surface area contributed by atoms with Gasteiger partial charge in [-0.25, -0.2) is 4.39 Å². The van der Waals surface area contributed by atoms with Gasteiger partial charge in [-0.05, 0) is 48.4 Å². The standard InChI is InChI=1S/C21H18FN3O2/c22-17-6-8-18(9-7-17)25-21(27)19-14-16(11-13-23-19)20(26)24-12-10-15-4-2-1-3-5-15/h1-9,11,13-14H,10,12H2,(H,24,26)(H,25,27). The van der Waals surface area contributed by atoms with Crippen molar-refractivity contribution in [2.45, 2.75) is 6.42 Å². The summed E-state index contributed by atoms with van der Waals surface area (Å²) in [4.78, 5) is 28.6. The maximum Gasteiger partial charge on any atom is 0.274 e. The third-order valence-corrected chi connectivity index (χ3v) is 3.90. The normalized spacial score (nSPS) is 10.3. The molecule has 6 heteroatoms. The highest BCUT2D eigenvalue weighted by atomic mass is 19.1. The second-order valence-electron chi connectivity index (χ2n) is 5.88. The molecule has 0 aliphatic rings. The lowest BCUT2D eigenvalue weighted by Gasteiger charge is -2.08. The molecule has 0 bridgehead atoms. The first-order valence-electron chi connectivity index (χ1n) is 8.47. The van der Waals surface area contributed by atoms with Gasteiger partial charge in [-0.3, -0.25) is 14.6 Å². The Morgan fingerprint density at radius 2 is 1.67 bits per heavy atom. The van der Waals surface area contributed by atoms with Crippen molar-refractivity contribution in [1.29, 1.82) is 0 Å². The number of nitrogens with zero attached hydrogens (tertiary/aromatic N) is 1. The van der Waals surface area contributed by atoms with Gasteiger partial charge in [-0.2, -0.15) is 0 Å². The Balaban J connectivity index is 1.59. The molecule has 3 aromatic rings. The molecule has 0 atom stereocenters. The van der Waals surface area contributed by atoms with Crippen LogP contribution < -0.4 is 10.6 Å². The molecule has 0 aliphatic heterocycles. The Morgan fingerprint density at radius 1 is 0.926 bits per heavy atom. The molecule has 136 valence electrons. The van der Waals surface area contributed by atoms with Gasteiger partial charge in [-0.15, -0.1) is 0 Å². The summed E-state index contributed by atoms with van der Waals surface area (Å²) in [6, 6.07) is 18.2. The minimum Gasteiger partial charge on any atom is -0.352 e. The van der Waals surface area contributed by atoms with E-state index < -0.39 is 5.91 Å². The van der Waals surface area contributed by atoms with E-state index in [0.717, 1.165) is 12.0 Å². The molecule has 3 rings (SSSR count). The second kappa shape index (κ2) is 8.71. The lowest BCUT2D eigenvalue weighted by molar-refractivity contribution is 0.0954. The predicted octanol–water partition coefficient (Wildman–Crippen LogP) is 3.45. The zero-order valence-corrected chi connectivity index (χ0v) is 14.5. The van der Waals surface area contributed by atoms with Crippen LogP contribution in [0.1, 0.15) is 26.4 Å². The van der Waals surface area contributed by atoms with E-state index in [1.807, 2.05) is 30.3 Å². The molecule has 0 unspecified atom stereocenters. The smallest absolute Gasteiger partial charge is 0.274 e. The molecule has 0 aliphatic carbocycles. The molecule has 2 N–H and O–H groups in total. The zero-order valence-electron chi connectivity index (χ0n) is 14.5. The summed E-state index contributed by atoms with van der Waals surface area (Å²) >= 11 is 0. The van der Waals surface area contributed by atoms with Crippen LogP contribution in [0.15, 0.2) is 72.9 Å². The Hall–Kier alpha value is -3.54. The number of rotatable bonds is 6. The van der Waals surface area contributed by atoms with Crippen LogP contribution in [0.5, 0.6) is 0 Å². The van der Waals surface area contributed by atoms with E-state index in [9.17, 15) is 14.0 Å². The number of carbonyl (C=O) groups excluding carboxylic acids is 2. The fourth-order valence-corrected chi connectivity index (χ4v) is 2.49. The van der Waals surface area contributed by atoms with Crippen molar-refractivity contribution in [2.24, 2.45) is 0 Å². The first-order valence-corrected chi connectivity index (χ1v) is 8.47. The van der Waals surface area contributed by atoms with Crippen LogP contribution in [-0.4, -0.2) is 23.3 Å². The number of halogens is 1. The van der Waals surface area contributed by atoms with E-state index in [1.165, 1.54) is 36.5 Å². The number of amides is 2. The molecule has 1 aromatic heterocycles. The number of hydrogen-bond acceptors (Lipinski definition) is 3. The van der Waals surface area contributed by atoms with Gasteiger partial charge >= 0.3 is 0 Å². The van der Waals surface area contributed by atoms with E-state index in [-0.39, 0.29) is 17.4 Å². The lowest BCUT2D eigenvalue weighted by Crippen LogP contribution is -2.26. The van der Waals surface area contributed by atoms with Crippen molar-refractivity contribution in [1.82, 2.24) is 10.3 Å². The van der Waals surface area contributed by atoms with E-state index in [0.29, 0.717) is 17.8 Å². The summed E-state index contributed by atoms with van der Waals surface area (Å²) in [5, 5.41) is 5.45. The van der Waals surface area contributed by atoms with Gasteiger partial charge in [0.15, 0.2) is 0 Å². The van der Waals surface area contributed by atoms with Crippen LogP contribution in [0.3, 0.4) is 0 Å². The van der Waals surface area contributed by atoms with Crippen molar-refractivity contribution in [2.75, 3.05) is 11.9 Å². The molecule has 2 amide bonds. The molecule has 0 saturated heterocycles. The molecule has 5 nitrogen and oxygen atoms in total. The second-order valence-corrected chi connectivity index (χ2v) is 5.88.